The fraction of sp³-hybridized carbons (Fsp3) is 0.167. The van der Waals surface area contributed by atoms with E-state index in [0.717, 1.165) is 9.13 Å². The normalized spacial score (nSPS) is 10.3. The number of aromatic nitrogens is 2. The molecule has 0 atom stereocenters. The van der Waals surface area contributed by atoms with Crippen LogP contribution >= 0.6 is 22.6 Å². The fourth-order valence-corrected chi connectivity index (χ4v) is 2.26. The van der Waals surface area contributed by atoms with E-state index in [1.165, 1.54) is 0 Å². The van der Waals surface area contributed by atoms with Crippen LogP contribution in [0, 0.1) is 3.57 Å². The largest absolute Gasteiger partial charge is 0.461 e. The average Bonchev–Trinajstić information content (AvgIpc) is 2.72. The standard InChI is InChI=1S/C12H11IN2O3/c1-2-18-11(16)10-9(14-12(17)15-10)7-5-3-4-6-8(7)13/h3-6H,2H2,1H3,(H2,14,15,17). The molecule has 0 saturated carbocycles. The molecule has 0 spiro atoms. The quantitative estimate of drug-likeness (QED) is 0.652. The summed E-state index contributed by atoms with van der Waals surface area (Å²) in [5.41, 5.74) is 0.988. The second kappa shape index (κ2) is 5.38. The van der Waals surface area contributed by atoms with Gasteiger partial charge in [0.1, 0.15) is 0 Å². The maximum atomic E-state index is 11.7. The van der Waals surface area contributed by atoms with Gasteiger partial charge >= 0.3 is 11.7 Å². The first-order valence-electron chi connectivity index (χ1n) is 5.37. The summed E-state index contributed by atoms with van der Waals surface area (Å²) in [6.45, 7) is 1.98. The lowest BCUT2D eigenvalue weighted by molar-refractivity contribution is 0.0521. The highest BCUT2D eigenvalue weighted by molar-refractivity contribution is 14.1. The molecule has 94 valence electrons. The molecule has 0 radical (unpaired) electrons. The highest BCUT2D eigenvalue weighted by Crippen LogP contribution is 2.25. The van der Waals surface area contributed by atoms with Gasteiger partial charge in [-0.1, -0.05) is 18.2 Å². The number of carbonyl (C=O) groups is 1. The van der Waals surface area contributed by atoms with Gasteiger partial charge in [-0.3, -0.25) is 4.98 Å². The lowest BCUT2D eigenvalue weighted by Gasteiger charge is -2.04. The van der Waals surface area contributed by atoms with Gasteiger partial charge in [0, 0.05) is 9.13 Å². The first-order chi connectivity index (χ1) is 8.63. The van der Waals surface area contributed by atoms with E-state index in [4.69, 9.17) is 4.74 Å². The van der Waals surface area contributed by atoms with Crippen molar-refractivity contribution in [1.29, 1.82) is 0 Å². The molecule has 0 aliphatic carbocycles. The third-order valence-corrected chi connectivity index (χ3v) is 3.29. The topological polar surface area (TPSA) is 75.0 Å². The lowest BCUT2D eigenvalue weighted by atomic mass is 10.1. The fourth-order valence-electron chi connectivity index (χ4n) is 1.61. The molecule has 18 heavy (non-hydrogen) atoms. The van der Waals surface area contributed by atoms with Gasteiger partial charge in [0.15, 0.2) is 5.69 Å². The van der Waals surface area contributed by atoms with Crippen molar-refractivity contribution < 1.29 is 9.53 Å². The Morgan fingerprint density at radius 1 is 1.33 bits per heavy atom. The number of imidazole rings is 1. The van der Waals surface area contributed by atoms with E-state index in [2.05, 4.69) is 32.6 Å². The molecular weight excluding hydrogens is 347 g/mol. The van der Waals surface area contributed by atoms with E-state index < -0.39 is 11.7 Å². The van der Waals surface area contributed by atoms with Crippen molar-refractivity contribution >= 4 is 28.6 Å². The number of benzene rings is 1. The van der Waals surface area contributed by atoms with E-state index in [0.29, 0.717) is 5.69 Å². The minimum Gasteiger partial charge on any atom is -0.461 e. The van der Waals surface area contributed by atoms with E-state index in [9.17, 15) is 9.59 Å². The molecule has 0 amide bonds. The van der Waals surface area contributed by atoms with Gasteiger partial charge in [0.2, 0.25) is 0 Å². The Morgan fingerprint density at radius 3 is 2.72 bits per heavy atom. The Kier molecular flexibility index (Phi) is 3.85. The summed E-state index contributed by atoms with van der Waals surface area (Å²) in [6, 6.07) is 7.47. The maximum absolute atomic E-state index is 11.7. The molecule has 1 aromatic heterocycles. The summed E-state index contributed by atoms with van der Waals surface area (Å²) in [5.74, 6) is -0.537. The van der Waals surface area contributed by atoms with Gasteiger partial charge in [-0.05, 0) is 35.6 Å². The zero-order chi connectivity index (χ0) is 13.1. The number of halogens is 1. The molecule has 2 rings (SSSR count). The van der Waals surface area contributed by atoms with E-state index in [1.807, 2.05) is 24.3 Å². The molecule has 0 fully saturated rings. The van der Waals surface area contributed by atoms with Gasteiger partial charge < -0.3 is 9.72 Å². The Hall–Kier alpha value is -1.57. The molecule has 0 bridgehead atoms. The maximum Gasteiger partial charge on any atom is 0.357 e. The van der Waals surface area contributed by atoms with E-state index >= 15 is 0 Å². The third kappa shape index (κ3) is 2.47. The van der Waals surface area contributed by atoms with Crippen LogP contribution in [0.4, 0.5) is 0 Å². The van der Waals surface area contributed by atoms with Crippen molar-refractivity contribution in [1.82, 2.24) is 9.97 Å². The molecule has 2 N–H and O–H groups in total. The predicted octanol–water partition coefficient (Wildman–Crippen LogP) is 2.15. The summed E-state index contributed by atoms with van der Waals surface area (Å²) in [5, 5.41) is 0. The highest BCUT2D eigenvalue weighted by atomic mass is 127. The number of hydrogen-bond donors (Lipinski definition) is 2. The first-order valence-corrected chi connectivity index (χ1v) is 6.45. The van der Waals surface area contributed by atoms with Gasteiger partial charge in [-0.25, -0.2) is 9.59 Å². The molecular formula is C12H11IN2O3. The zero-order valence-electron chi connectivity index (χ0n) is 9.62. The summed E-state index contributed by atoms with van der Waals surface area (Å²) < 4.78 is 5.85. The summed E-state index contributed by atoms with van der Waals surface area (Å²) in [6.07, 6.45) is 0. The van der Waals surface area contributed by atoms with Crippen LogP contribution in [0.5, 0.6) is 0 Å². The molecule has 0 aliphatic heterocycles. The Bertz CT molecular complexity index is 630. The molecule has 6 heteroatoms. The summed E-state index contributed by atoms with van der Waals surface area (Å²) in [4.78, 5) is 28.2. The highest BCUT2D eigenvalue weighted by Gasteiger charge is 2.19. The van der Waals surface area contributed by atoms with Gasteiger partial charge in [0.05, 0.1) is 12.3 Å². The van der Waals surface area contributed by atoms with Crippen molar-refractivity contribution in [3.05, 3.63) is 44.0 Å². The Morgan fingerprint density at radius 2 is 2.06 bits per heavy atom. The monoisotopic (exact) mass is 358 g/mol. The number of carbonyl (C=O) groups excluding carboxylic acids is 1. The number of ether oxygens (including phenoxy) is 1. The molecule has 1 heterocycles. The lowest BCUT2D eigenvalue weighted by Crippen LogP contribution is -2.08. The van der Waals surface area contributed by atoms with Crippen LogP contribution in [0.1, 0.15) is 17.4 Å². The SMILES string of the molecule is CCOC(=O)c1[nH]c(=O)[nH]c1-c1ccccc1I. The van der Waals surface area contributed by atoms with Crippen molar-refractivity contribution in [2.45, 2.75) is 6.92 Å². The van der Waals surface area contributed by atoms with Crippen molar-refractivity contribution in [3.8, 4) is 11.3 Å². The number of esters is 1. The van der Waals surface area contributed by atoms with Crippen LogP contribution in [-0.2, 0) is 4.74 Å². The second-order valence-electron chi connectivity index (χ2n) is 3.53. The van der Waals surface area contributed by atoms with Gasteiger partial charge in [-0.15, -0.1) is 0 Å². The minimum atomic E-state index is -0.537. The van der Waals surface area contributed by atoms with Gasteiger partial charge in [-0.2, -0.15) is 0 Å². The first kappa shape index (κ1) is 12.9. The van der Waals surface area contributed by atoms with Gasteiger partial charge in [0.25, 0.3) is 0 Å². The van der Waals surface area contributed by atoms with Crippen LogP contribution in [0.25, 0.3) is 11.3 Å². The average molecular weight is 358 g/mol. The zero-order valence-corrected chi connectivity index (χ0v) is 11.8. The second-order valence-corrected chi connectivity index (χ2v) is 4.69. The van der Waals surface area contributed by atoms with E-state index in [-0.39, 0.29) is 12.3 Å². The van der Waals surface area contributed by atoms with Crippen LogP contribution in [-0.4, -0.2) is 22.5 Å². The number of aromatic amines is 2. The summed E-state index contributed by atoms with van der Waals surface area (Å²) in [7, 11) is 0. The molecule has 0 saturated heterocycles. The molecule has 2 aromatic rings. The minimum absolute atomic E-state index is 0.158. The van der Waals surface area contributed by atoms with Crippen LogP contribution < -0.4 is 5.69 Å². The number of hydrogen-bond acceptors (Lipinski definition) is 3. The Labute approximate surface area is 117 Å². The number of nitrogens with one attached hydrogen (secondary N) is 2. The van der Waals surface area contributed by atoms with Crippen LogP contribution in [0.3, 0.4) is 0 Å². The summed E-state index contributed by atoms with van der Waals surface area (Å²) >= 11 is 2.15. The molecule has 0 aliphatic rings. The number of H-pyrrole nitrogens is 2. The van der Waals surface area contributed by atoms with Crippen LogP contribution in [0.15, 0.2) is 29.1 Å². The molecule has 5 nitrogen and oxygen atoms in total. The van der Waals surface area contributed by atoms with Crippen molar-refractivity contribution in [2.24, 2.45) is 0 Å². The molecule has 1 aromatic carbocycles. The number of rotatable bonds is 3. The molecule has 0 unspecified atom stereocenters. The van der Waals surface area contributed by atoms with Crippen molar-refractivity contribution in [3.63, 3.8) is 0 Å². The van der Waals surface area contributed by atoms with Crippen LogP contribution in [0.2, 0.25) is 0 Å². The van der Waals surface area contributed by atoms with Crippen molar-refractivity contribution in [2.75, 3.05) is 6.61 Å². The van der Waals surface area contributed by atoms with E-state index in [1.54, 1.807) is 6.92 Å². The third-order valence-electron chi connectivity index (χ3n) is 2.35. The smallest absolute Gasteiger partial charge is 0.357 e. The Balaban J connectivity index is 2.55. The predicted molar refractivity (Wildman–Crippen MR) is 75.5 cm³/mol.